The SMILES string of the molecule is CNC(C)(CCC/C=C/CCCC(C)(N)C(C)=O)C(C)=O. The lowest BCUT2D eigenvalue weighted by atomic mass is 9.91. The van der Waals surface area contributed by atoms with Crippen LogP contribution in [-0.2, 0) is 9.59 Å². The highest BCUT2D eigenvalue weighted by Crippen LogP contribution is 2.15. The first-order valence-electron chi connectivity index (χ1n) is 7.80. The van der Waals surface area contributed by atoms with Crippen molar-refractivity contribution in [3.05, 3.63) is 12.2 Å². The molecule has 0 rings (SSSR count). The summed E-state index contributed by atoms with van der Waals surface area (Å²) in [6.07, 6.45) is 9.66. The van der Waals surface area contributed by atoms with E-state index in [1.807, 2.05) is 14.0 Å². The Hall–Kier alpha value is -1.00. The molecule has 0 aliphatic rings. The van der Waals surface area contributed by atoms with Gasteiger partial charge in [0.15, 0.2) is 0 Å². The van der Waals surface area contributed by atoms with Gasteiger partial charge in [0, 0.05) is 0 Å². The third-order valence-corrected chi connectivity index (χ3v) is 4.41. The van der Waals surface area contributed by atoms with Gasteiger partial charge in [-0.05, 0) is 73.3 Å². The summed E-state index contributed by atoms with van der Waals surface area (Å²) in [5.74, 6) is 0.225. The minimum atomic E-state index is -0.691. The van der Waals surface area contributed by atoms with Crippen molar-refractivity contribution < 1.29 is 9.59 Å². The van der Waals surface area contributed by atoms with Crippen molar-refractivity contribution in [2.24, 2.45) is 5.73 Å². The molecule has 0 aromatic heterocycles. The number of hydrogen-bond acceptors (Lipinski definition) is 4. The third kappa shape index (κ3) is 7.53. The number of carbonyl (C=O) groups is 2. The zero-order valence-electron chi connectivity index (χ0n) is 14.3. The van der Waals surface area contributed by atoms with Crippen molar-refractivity contribution in [3.8, 4) is 0 Å². The van der Waals surface area contributed by atoms with Gasteiger partial charge in [-0.15, -0.1) is 0 Å². The Morgan fingerprint density at radius 2 is 1.48 bits per heavy atom. The van der Waals surface area contributed by atoms with Crippen LogP contribution in [0.2, 0.25) is 0 Å². The van der Waals surface area contributed by atoms with Crippen LogP contribution in [-0.4, -0.2) is 29.7 Å². The van der Waals surface area contributed by atoms with Crippen LogP contribution in [0, 0.1) is 0 Å². The number of carbonyl (C=O) groups excluding carboxylic acids is 2. The summed E-state index contributed by atoms with van der Waals surface area (Å²) in [6.45, 7) is 6.91. The summed E-state index contributed by atoms with van der Waals surface area (Å²) in [5.41, 5.74) is 4.80. The van der Waals surface area contributed by atoms with E-state index in [2.05, 4.69) is 17.5 Å². The van der Waals surface area contributed by atoms with Crippen molar-refractivity contribution >= 4 is 11.6 Å². The van der Waals surface area contributed by atoms with E-state index in [1.54, 1.807) is 20.8 Å². The number of likely N-dealkylation sites (N-methyl/N-ethyl adjacent to an activating group) is 1. The lowest BCUT2D eigenvalue weighted by molar-refractivity contribution is -0.123. The number of nitrogens with one attached hydrogen (secondary N) is 1. The summed E-state index contributed by atoms with van der Waals surface area (Å²) in [5, 5.41) is 3.10. The molecule has 2 atom stereocenters. The Morgan fingerprint density at radius 1 is 1.00 bits per heavy atom. The molecule has 0 fully saturated rings. The average Bonchev–Trinajstić information content (AvgIpc) is 2.40. The molecule has 0 saturated carbocycles. The molecule has 0 bridgehead atoms. The molecule has 0 aliphatic carbocycles. The van der Waals surface area contributed by atoms with Gasteiger partial charge in [-0.1, -0.05) is 12.2 Å². The van der Waals surface area contributed by atoms with E-state index in [1.165, 1.54) is 0 Å². The maximum Gasteiger partial charge on any atom is 0.149 e. The molecular weight excluding hydrogens is 264 g/mol. The minimum Gasteiger partial charge on any atom is -0.319 e. The zero-order chi connectivity index (χ0) is 16.5. The fourth-order valence-corrected chi connectivity index (χ4v) is 2.05. The van der Waals surface area contributed by atoms with E-state index in [0.717, 1.165) is 38.5 Å². The van der Waals surface area contributed by atoms with Gasteiger partial charge in [0.2, 0.25) is 0 Å². The minimum absolute atomic E-state index is 0.0436. The lowest BCUT2D eigenvalue weighted by Gasteiger charge is -2.25. The number of hydrogen-bond donors (Lipinski definition) is 2. The summed E-state index contributed by atoms with van der Waals surface area (Å²) in [7, 11) is 1.83. The average molecular weight is 296 g/mol. The Bertz CT molecular complexity index is 375. The van der Waals surface area contributed by atoms with Crippen LogP contribution in [0.1, 0.15) is 66.2 Å². The number of ketones is 2. The molecule has 0 amide bonds. The van der Waals surface area contributed by atoms with Crippen molar-refractivity contribution in [1.82, 2.24) is 5.32 Å². The first kappa shape index (κ1) is 20.0. The summed E-state index contributed by atoms with van der Waals surface area (Å²) in [6, 6.07) is 0. The molecule has 3 N–H and O–H groups in total. The highest BCUT2D eigenvalue weighted by molar-refractivity contribution is 5.85. The maximum atomic E-state index is 11.5. The normalized spacial score (nSPS) is 17.4. The van der Waals surface area contributed by atoms with Crippen LogP contribution >= 0.6 is 0 Å². The molecule has 4 heteroatoms. The Morgan fingerprint density at radius 3 is 1.86 bits per heavy atom. The fraction of sp³-hybridized carbons (Fsp3) is 0.765. The Balaban J connectivity index is 3.85. The zero-order valence-corrected chi connectivity index (χ0v) is 14.3. The van der Waals surface area contributed by atoms with Gasteiger partial charge in [0.1, 0.15) is 11.6 Å². The van der Waals surface area contributed by atoms with Crippen LogP contribution in [0.3, 0.4) is 0 Å². The van der Waals surface area contributed by atoms with Gasteiger partial charge in [0.25, 0.3) is 0 Å². The smallest absolute Gasteiger partial charge is 0.149 e. The second-order valence-electron chi connectivity index (χ2n) is 6.37. The molecule has 0 heterocycles. The van der Waals surface area contributed by atoms with Crippen molar-refractivity contribution in [3.63, 3.8) is 0 Å². The predicted octanol–water partition coefficient (Wildman–Crippen LogP) is 2.76. The van der Waals surface area contributed by atoms with E-state index in [-0.39, 0.29) is 11.6 Å². The van der Waals surface area contributed by atoms with Gasteiger partial charge in [-0.3, -0.25) is 9.59 Å². The first-order chi connectivity index (χ1) is 9.65. The third-order valence-electron chi connectivity index (χ3n) is 4.41. The van der Waals surface area contributed by atoms with Crippen LogP contribution in [0.15, 0.2) is 12.2 Å². The topological polar surface area (TPSA) is 72.2 Å². The molecule has 2 unspecified atom stereocenters. The second kappa shape index (κ2) is 9.11. The summed E-state index contributed by atoms with van der Waals surface area (Å²) >= 11 is 0. The number of allylic oxidation sites excluding steroid dienone is 2. The molecule has 0 spiro atoms. The second-order valence-corrected chi connectivity index (χ2v) is 6.37. The van der Waals surface area contributed by atoms with Crippen LogP contribution < -0.4 is 11.1 Å². The van der Waals surface area contributed by atoms with Gasteiger partial charge in [-0.25, -0.2) is 0 Å². The molecule has 0 saturated heterocycles. The van der Waals surface area contributed by atoms with E-state index >= 15 is 0 Å². The lowest BCUT2D eigenvalue weighted by Crippen LogP contribution is -2.46. The van der Waals surface area contributed by atoms with Gasteiger partial charge in [0.05, 0.1) is 11.1 Å². The highest BCUT2D eigenvalue weighted by Gasteiger charge is 2.26. The van der Waals surface area contributed by atoms with Gasteiger partial charge in [-0.2, -0.15) is 0 Å². The Labute approximate surface area is 129 Å². The van der Waals surface area contributed by atoms with Gasteiger partial charge >= 0.3 is 0 Å². The fourth-order valence-electron chi connectivity index (χ4n) is 2.05. The van der Waals surface area contributed by atoms with Crippen LogP contribution in [0.4, 0.5) is 0 Å². The van der Waals surface area contributed by atoms with Gasteiger partial charge < -0.3 is 11.1 Å². The number of unbranched alkanes of at least 4 members (excludes halogenated alkanes) is 2. The quantitative estimate of drug-likeness (QED) is 0.454. The summed E-state index contributed by atoms with van der Waals surface area (Å²) < 4.78 is 0. The molecule has 21 heavy (non-hydrogen) atoms. The first-order valence-corrected chi connectivity index (χ1v) is 7.80. The summed E-state index contributed by atoms with van der Waals surface area (Å²) in [4.78, 5) is 22.8. The molecule has 0 radical (unpaired) electrons. The molecule has 0 aliphatic heterocycles. The van der Waals surface area contributed by atoms with E-state index in [0.29, 0.717) is 0 Å². The van der Waals surface area contributed by atoms with Crippen molar-refractivity contribution in [2.75, 3.05) is 7.05 Å². The largest absolute Gasteiger partial charge is 0.319 e. The molecule has 122 valence electrons. The molecular formula is C17H32N2O2. The number of Topliss-reactive ketones (excluding diaryl/α,β-unsaturated/α-hetero) is 2. The number of rotatable bonds is 11. The Kier molecular flexibility index (Phi) is 8.67. The molecule has 0 aromatic rings. The van der Waals surface area contributed by atoms with E-state index in [4.69, 9.17) is 5.73 Å². The molecule has 4 nitrogen and oxygen atoms in total. The standard InChI is InChI=1S/C17H32N2O2/c1-14(20)16(3,18)12-10-8-6-7-9-11-13-17(4,19-5)15(2)21/h6-7,19H,8-13,18H2,1-5H3/b7-6+. The van der Waals surface area contributed by atoms with Crippen LogP contribution in [0.5, 0.6) is 0 Å². The monoisotopic (exact) mass is 296 g/mol. The highest BCUT2D eigenvalue weighted by atomic mass is 16.1. The van der Waals surface area contributed by atoms with E-state index < -0.39 is 11.1 Å². The predicted molar refractivity (Wildman–Crippen MR) is 88.3 cm³/mol. The maximum absolute atomic E-state index is 11.5. The van der Waals surface area contributed by atoms with Crippen molar-refractivity contribution in [2.45, 2.75) is 77.3 Å². The van der Waals surface area contributed by atoms with Crippen molar-refractivity contribution in [1.29, 1.82) is 0 Å². The van der Waals surface area contributed by atoms with Crippen LogP contribution in [0.25, 0.3) is 0 Å². The van der Waals surface area contributed by atoms with E-state index in [9.17, 15) is 9.59 Å². The molecule has 0 aromatic carbocycles. The number of nitrogens with two attached hydrogens (primary N) is 1.